The quantitative estimate of drug-likeness (QED) is 0.721. The van der Waals surface area contributed by atoms with Crippen LogP contribution in [0.4, 0.5) is 4.39 Å². The predicted molar refractivity (Wildman–Crippen MR) is 68.1 cm³/mol. The molecule has 0 aromatic heterocycles. The number of hydrogen-bond acceptors (Lipinski definition) is 2. The van der Waals surface area contributed by atoms with Gasteiger partial charge in [-0.1, -0.05) is 19.3 Å². The summed E-state index contributed by atoms with van der Waals surface area (Å²) < 4.78 is 18.3. The summed E-state index contributed by atoms with van der Waals surface area (Å²) in [6.45, 7) is 2.39. The van der Waals surface area contributed by atoms with Crippen molar-refractivity contribution in [3.63, 3.8) is 0 Å². The second-order valence-corrected chi connectivity index (χ2v) is 4.97. The standard InChI is InChI=1S/C15H19FO2/c1-11(18-10-9-12-3-2-4-12)15(17)13-5-7-14(16)8-6-13/h5-8,11-12H,2-4,9-10H2,1H3. The fourth-order valence-corrected chi connectivity index (χ4v) is 2.12. The summed E-state index contributed by atoms with van der Waals surface area (Å²) in [6, 6.07) is 5.61. The number of halogens is 1. The maximum Gasteiger partial charge on any atom is 0.191 e. The van der Waals surface area contributed by atoms with Gasteiger partial charge in [0.2, 0.25) is 0 Å². The minimum Gasteiger partial charge on any atom is -0.370 e. The van der Waals surface area contributed by atoms with Gasteiger partial charge in [-0.05, 0) is 43.5 Å². The van der Waals surface area contributed by atoms with Gasteiger partial charge in [0.1, 0.15) is 11.9 Å². The van der Waals surface area contributed by atoms with Crippen molar-refractivity contribution >= 4 is 5.78 Å². The topological polar surface area (TPSA) is 26.3 Å². The van der Waals surface area contributed by atoms with E-state index in [2.05, 4.69) is 0 Å². The number of Topliss-reactive ketones (excluding diaryl/α,β-unsaturated/α-hetero) is 1. The van der Waals surface area contributed by atoms with Gasteiger partial charge in [-0.2, -0.15) is 0 Å². The number of hydrogen-bond donors (Lipinski definition) is 0. The first-order chi connectivity index (χ1) is 8.66. The van der Waals surface area contributed by atoms with Crippen molar-refractivity contribution in [1.82, 2.24) is 0 Å². The third-order valence-corrected chi connectivity index (χ3v) is 3.62. The Labute approximate surface area is 107 Å². The second-order valence-electron chi connectivity index (χ2n) is 4.97. The van der Waals surface area contributed by atoms with E-state index in [1.807, 2.05) is 0 Å². The van der Waals surface area contributed by atoms with Gasteiger partial charge in [-0.3, -0.25) is 4.79 Å². The average Bonchev–Trinajstić information content (AvgIpc) is 2.32. The van der Waals surface area contributed by atoms with E-state index in [0.717, 1.165) is 12.3 Å². The molecule has 0 spiro atoms. The summed E-state index contributed by atoms with van der Waals surface area (Å²) in [7, 11) is 0. The van der Waals surface area contributed by atoms with Crippen LogP contribution in [-0.4, -0.2) is 18.5 Å². The summed E-state index contributed by atoms with van der Waals surface area (Å²) >= 11 is 0. The maximum atomic E-state index is 12.7. The predicted octanol–water partition coefficient (Wildman–Crippen LogP) is 3.60. The van der Waals surface area contributed by atoms with Crippen molar-refractivity contribution in [2.45, 2.75) is 38.7 Å². The van der Waals surface area contributed by atoms with E-state index in [4.69, 9.17) is 4.74 Å². The second kappa shape index (κ2) is 6.10. The van der Waals surface area contributed by atoms with Crippen LogP contribution in [-0.2, 0) is 4.74 Å². The Bertz CT molecular complexity index is 395. The Morgan fingerprint density at radius 2 is 2.06 bits per heavy atom. The average molecular weight is 250 g/mol. The van der Waals surface area contributed by atoms with Crippen LogP contribution in [0.15, 0.2) is 24.3 Å². The van der Waals surface area contributed by atoms with Gasteiger partial charge in [0.25, 0.3) is 0 Å². The maximum absolute atomic E-state index is 12.7. The lowest BCUT2D eigenvalue weighted by Crippen LogP contribution is -2.23. The SMILES string of the molecule is CC(OCCC1CCC1)C(=O)c1ccc(F)cc1. The number of rotatable bonds is 6. The fraction of sp³-hybridized carbons (Fsp3) is 0.533. The molecule has 1 aromatic carbocycles. The van der Waals surface area contributed by atoms with Crippen LogP contribution in [0, 0.1) is 11.7 Å². The Hall–Kier alpha value is -1.22. The molecule has 1 fully saturated rings. The van der Waals surface area contributed by atoms with E-state index < -0.39 is 6.10 Å². The van der Waals surface area contributed by atoms with E-state index in [1.165, 1.54) is 43.5 Å². The van der Waals surface area contributed by atoms with E-state index in [0.29, 0.717) is 12.2 Å². The summed E-state index contributed by atoms with van der Waals surface area (Å²) in [5.41, 5.74) is 0.507. The molecule has 0 N–H and O–H groups in total. The minimum atomic E-state index is -0.449. The lowest BCUT2D eigenvalue weighted by Gasteiger charge is -2.25. The molecule has 2 nitrogen and oxygen atoms in total. The molecule has 1 aliphatic carbocycles. The number of ketones is 1. The Kier molecular flexibility index (Phi) is 4.48. The number of benzene rings is 1. The number of carbonyl (C=O) groups is 1. The molecule has 1 atom stereocenters. The normalized spacial score (nSPS) is 17.2. The molecule has 0 saturated heterocycles. The summed E-state index contributed by atoms with van der Waals surface area (Å²) in [5, 5.41) is 0. The molecule has 0 radical (unpaired) electrons. The summed E-state index contributed by atoms with van der Waals surface area (Å²) in [6.07, 6.45) is 4.51. The van der Waals surface area contributed by atoms with E-state index in [-0.39, 0.29) is 11.6 Å². The van der Waals surface area contributed by atoms with Gasteiger partial charge in [0.05, 0.1) is 0 Å². The van der Waals surface area contributed by atoms with E-state index >= 15 is 0 Å². The lowest BCUT2D eigenvalue weighted by molar-refractivity contribution is 0.0395. The van der Waals surface area contributed by atoms with Gasteiger partial charge in [-0.25, -0.2) is 4.39 Å². The smallest absolute Gasteiger partial charge is 0.191 e. The zero-order valence-electron chi connectivity index (χ0n) is 10.7. The van der Waals surface area contributed by atoms with Crippen LogP contribution in [0.2, 0.25) is 0 Å². The highest BCUT2D eigenvalue weighted by Crippen LogP contribution is 2.29. The molecule has 18 heavy (non-hydrogen) atoms. The van der Waals surface area contributed by atoms with Gasteiger partial charge in [0, 0.05) is 12.2 Å². The number of carbonyl (C=O) groups excluding carboxylic acids is 1. The van der Waals surface area contributed by atoms with E-state index in [9.17, 15) is 9.18 Å². The molecule has 1 unspecified atom stereocenters. The Balaban J connectivity index is 1.78. The molecule has 0 heterocycles. The van der Waals surface area contributed by atoms with Gasteiger partial charge in [0.15, 0.2) is 5.78 Å². The fourth-order valence-electron chi connectivity index (χ4n) is 2.12. The molecule has 2 rings (SSSR count). The molecular weight excluding hydrogens is 231 g/mol. The molecule has 98 valence electrons. The zero-order valence-corrected chi connectivity index (χ0v) is 10.7. The van der Waals surface area contributed by atoms with Crippen LogP contribution < -0.4 is 0 Å². The molecule has 0 bridgehead atoms. The highest BCUT2D eigenvalue weighted by atomic mass is 19.1. The van der Waals surface area contributed by atoms with Crippen molar-refractivity contribution in [3.8, 4) is 0 Å². The first kappa shape index (κ1) is 13.2. The third-order valence-electron chi connectivity index (χ3n) is 3.62. The van der Waals surface area contributed by atoms with Crippen molar-refractivity contribution < 1.29 is 13.9 Å². The Morgan fingerprint density at radius 3 is 2.61 bits per heavy atom. The lowest BCUT2D eigenvalue weighted by atomic mass is 9.83. The van der Waals surface area contributed by atoms with Gasteiger partial charge >= 0.3 is 0 Å². The van der Waals surface area contributed by atoms with E-state index in [1.54, 1.807) is 6.92 Å². The minimum absolute atomic E-state index is 0.0800. The van der Waals surface area contributed by atoms with Crippen LogP contribution in [0.3, 0.4) is 0 Å². The third kappa shape index (κ3) is 3.39. The van der Waals surface area contributed by atoms with Crippen LogP contribution >= 0.6 is 0 Å². The largest absolute Gasteiger partial charge is 0.370 e. The van der Waals surface area contributed by atoms with Crippen LogP contribution in [0.1, 0.15) is 43.0 Å². The molecule has 0 aliphatic heterocycles. The van der Waals surface area contributed by atoms with Gasteiger partial charge < -0.3 is 4.74 Å². The van der Waals surface area contributed by atoms with Crippen molar-refractivity contribution in [2.24, 2.45) is 5.92 Å². The molecule has 1 aromatic rings. The summed E-state index contributed by atoms with van der Waals surface area (Å²) in [4.78, 5) is 12.0. The Morgan fingerprint density at radius 1 is 1.39 bits per heavy atom. The number of ether oxygens (including phenoxy) is 1. The van der Waals surface area contributed by atoms with Crippen LogP contribution in [0.25, 0.3) is 0 Å². The van der Waals surface area contributed by atoms with Crippen molar-refractivity contribution in [2.75, 3.05) is 6.61 Å². The molecule has 1 saturated carbocycles. The molecular formula is C15H19FO2. The van der Waals surface area contributed by atoms with Crippen molar-refractivity contribution in [3.05, 3.63) is 35.6 Å². The highest BCUT2D eigenvalue weighted by molar-refractivity contribution is 5.99. The van der Waals surface area contributed by atoms with Gasteiger partial charge in [-0.15, -0.1) is 0 Å². The molecule has 1 aliphatic rings. The van der Waals surface area contributed by atoms with Crippen molar-refractivity contribution in [1.29, 1.82) is 0 Å². The first-order valence-electron chi connectivity index (χ1n) is 6.58. The summed E-state index contributed by atoms with van der Waals surface area (Å²) in [5.74, 6) is 0.381. The molecule has 0 amide bonds. The zero-order chi connectivity index (χ0) is 13.0. The van der Waals surface area contributed by atoms with Crippen LogP contribution in [0.5, 0.6) is 0 Å². The highest BCUT2D eigenvalue weighted by Gasteiger charge is 2.19. The first-order valence-corrected chi connectivity index (χ1v) is 6.58. The monoisotopic (exact) mass is 250 g/mol. The molecule has 3 heteroatoms.